The SMILES string of the molecule is Cc1cc(C2(S(C)(=O)=O)C=CC(F)(c3ccccc3)C(F)=C2)ccc1F. The van der Waals surface area contributed by atoms with Crippen LogP contribution in [0.25, 0.3) is 0 Å². The van der Waals surface area contributed by atoms with Crippen LogP contribution in [0.2, 0.25) is 0 Å². The molecule has 0 N–H and O–H groups in total. The highest BCUT2D eigenvalue weighted by atomic mass is 32.2. The van der Waals surface area contributed by atoms with Crippen LogP contribution in [0.5, 0.6) is 0 Å². The fourth-order valence-corrected chi connectivity index (χ4v) is 4.27. The van der Waals surface area contributed by atoms with Gasteiger partial charge < -0.3 is 0 Å². The highest BCUT2D eigenvalue weighted by molar-refractivity contribution is 7.92. The minimum absolute atomic E-state index is 0.0578. The fourth-order valence-electron chi connectivity index (χ4n) is 3.09. The number of allylic oxidation sites excluding steroid dienone is 2. The molecule has 0 saturated heterocycles. The summed E-state index contributed by atoms with van der Waals surface area (Å²) in [5.41, 5.74) is -2.12. The molecular formula is C20H17F3O2S. The van der Waals surface area contributed by atoms with Crippen molar-refractivity contribution in [2.24, 2.45) is 0 Å². The van der Waals surface area contributed by atoms with E-state index < -0.39 is 31.9 Å². The van der Waals surface area contributed by atoms with Crippen molar-refractivity contribution in [3.63, 3.8) is 0 Å². The second-order valence-corrected chi connectivity index (χ2v) is 8.65. The first-order valence-electron chi connectivity index (χ1n) is 7.90. The van der Waals surface area contributed by atoms with E-state index in [-0.39, 0.29) is 16.7 Å². The molecular weight excluding hydrogens is 361 g/mol. The van der Waals surface area contributed by atoms with Gasteiger partial charge >= 0.3 is 0 Å². The number of benzene rings is 2. The Kier molecular flexibility index (Phi) is 4.35. The molecule has 1 aliphatic carbocycles. The van der Waals surface area contributed by atoms with Gasteiger partial charge in [-0.1, -0.05) is 48.5 Å². The van der Waals surface area contributed by atoms with Crippen molar-refractivity contribution >= 4 is 9.84 Å². The number of hydrogen-bond donors (Lipinski definition) is 0. The van der Waals surface area contributed by atoms with E-state index in [0.29, 0.717) is 0 Å². The molecule has 0 radical (unpaired) electrons. The molecule has 0 saturated carbocycles. The number of sulfone groups is 1. The molecule has 0 aromatic heterocycles. The van der Waals surface area contributed by atoms with E-state index in [1.165, 1.54) is 31.2 Å². The van der Waals surface area contributed by atoms with E-state index in [4.69, 9.17) is 0 Å². The first-order valence-corrected chi connectivity index (χ1v) is 9.79. The van der Waals surface area contributed by atoms with Crippen molar-refractivity contribution in [2.45, 2.75) is 17.3 Å². The summed E-state index contributed by atoms with van der Waals surface area (Å²) in [5.74, 6) is -1.73. The second kappa shape index (κ2) is 6.13. The smallest absolute Gasteiger partial charge is 0.205 e. The molecule has 0 spiro atoms. The number of halogens is 3. The standard InChI is InChI=1S/C20H17F3O2S/c1-14-12-16(8-9-17(14)21)19(26(2,24)25)10-11-20(23,18(22)13-19)15-6-4-3-5-7-15/h3-13H,1-2H3. The Morgan fingerprint density at radius 2 is 1.58 bits per heavy atom. The van der Waals surface area contributed by atoms with Gasteiger partial charge in [0.05, 0.1) is 0 Å². The molecule has 26 heavy (non-hydrogen) atoms. The zero-order valence-corrected chi connectivity index (χ0v) is 15.0. The topological polar surface area (TPSA) is 34.1 Å². The van der Waals surface area contributed by atoms with Gasteiger partial charge in [0.1, 0.15) is 16.4 Å². The van der Waals surface area contributed by atoms with Crippen molar-refractivity contribution in [3.05, 3.63) is 95.1 Å². The predicted octanol–water partition coefficient (Wildman–Crippen LogP) is 4.66. The Morgan fingerprint density at radius 1 is 0.923 bits per heavy atom. The fraction of sp³-hybridized carbons (Fsp3) is 0.200. The van der Waals surface area contributed by atoms with Gasteiger partial charge in [-0.3, -0.25) is 0 Å². The van der Waals surface area contributed by atoms with E-state index in [9.17, 15) is 17.2 Å². The number of rotatable bonds is 3. The molecule has 136 valence electrons. The molecule has 0 fully saturated rings. The van der Waals surface area contributed by atoms with Crippen molar-refractivity contribution in [3.8, 4) is 0 Å². The summed E-state index contributed by atoms with van der Waals surface area (Å²) in [4.78, 5) is 0. The molecule has 2 unspecified atom stereocenters. The number of alkyl halides is 1. The highest BCUT2D eigenvalue weighted by Gasteiger charge is 2.47. The molecule has 6 heteroatoms. The van der Waals surface area contributed by atoms with Gasteiger partial charge in [-0.25, -0.2) is 21.6 Å². The van der Waals surface area contributed by atoms with Crippen LogP contribution in [0.15, 0.2) is 72.6 Å². The van der Waals surface area contributed by atoms with Gasteiger partial charge in [0.25, 0.3) is 0 Å². The summed E-state index contributed by atoms with van der Waals surface area (Å²) in [6.45, 7) is 1.48. The van der Waals surface area contributed by atoms with Crippen LogP contribution in [0.4, 0.5) is 13.2 Å². The predicted molar refractivity (Wildman–Crippen MR) is 95.2 cm³/mol. The molecule has 2 aromatic rings. The Hall–Kier alpha value is -2.34. The molecule has 2 nitrogen and oxygen atoms in total. The maximum atomic E-state index is 15.3. The van der Waals surface area contributed by atoms with E-state index in [1.54, 1.807) is 18.2 Å². The average molecular weight is 378 g/mol. The minimum Gasteiger partial charge on any atom is -0.228 e. The lowest BCUT2D eigenvalue weighted by molar-refractivity contribution is 0.232. The third-order valence-electron chi connectivity index (χ3n) is 4.67. The summed E-state index contributed by atoms with van der Waals surface area (Å²) in [7, 11) is -3.93. The van der Waals surface area contributed by atoms with E-state index in [2.05, 4.69) is 0 Å². The molecule has 0 aliphatic heterocycles. The van der Waals surface area contributed by atoms with Gasteiger partial charge in [-0.05, 0) is 41.8 Å². The van der Waals surface area contributed by atoms with Crippen molar-refractivity contribution in [1.29, 1.82) is 0 Å². The van der Waals surface area contributed by atoms with Gasteiger partial charge in [0.15, 0.2) is 9.84 Å². The zero-order chi connectivity index (χ0) is 19.2. The van der Waals surface area contributed by atoms with E-state index in [1.807, 2.05) is 0 Å². The largest absolute Gasteiger partial charge is 0.228 e. The summed E-state index contributed by atoms with van der Waals surface area (Å²) < 4.78 is 66.9. The number of hydrogen-bond acceptors (Lipinski definition) is 2. The molecule has 3 rings (SSSR count). The first-order chi connectivity index (χ1) is 12.1. The molecule has 2 aromatic carbocycles. The normalized spacial score (nSPS) is 25.8. The summed E-state index contributed by atoms with van der Waals surface area (Å²) in [6, 6.07) is 11.4. The van der Waals surface area contributed by atoms with Crippen LogP contribution in [-0.2, 0) is 20.3 Å². The summed E-state index contributed by atoms with van der Waals surface area (Å²) in [5, 5.41) is 0. The monoisotopic (exact) mass is 378 g/mol. The van der Waals surface area contributed by atoms with Crippen LogP contribution < -0.4 is 0 Å². The Balaban J connectivity index is 2.22. The maximum Gasteiger partial charge on any atom is 0.205 e. The molecule has 2 atom stereocenters. The zero-order valence-electron chi connectivity index (χ0n) is 14.2. The van der Waals surface area contributed by atoms with Crippen LogP contribution >= 0.6 is 0 Å². The molecule has 0 heterocycles. The van der Waals surface area contributed by atoms with Gasteiger partial charge in [-0.15, -0.1) is 0 Å². The number of aryl methyl sites for hydroxylation is 1. The lowest BCUT2D eigenvalue weighted by Gasteiger charge is -2.33. The Morgan fingerprint density at radius 3 is 2.12 bits per heavy atom. The second-order valence-electron chi connectivity index (χ2n) is 6.43. The lowest BCUT2D eigenvalue weighted by atomic mass is 9.83. The highest BCUT2D eigenvalue weighted by Crippen LogP contribution is 2.47. The quantitative estimate of drug-likeness (QED) is 0.728. The van der Waals surface area contributed by atoms with Crippen LogP contribution in [0.1, 0.15) is 16.7 Å². The van der Waals surface area contributed by atoms with Crippen LogP contribution in [0, 0.1) is 12.7 Å². The Bertz CT molecular complexity index is 1010. The molecule has 0 bridgehead atoms. The van der Waals surface area contributed by atoms with Crippen molar-refractivity contribution < 1.29 is 21.6 Å². The van der Waals surface area contributed by atoms with Crippen LogP contribution in [-0.4, -0.2) is 14.7 Å². The van der Waals surface area contributed by atoms with Gasteiger partial charge in [0, 0.05) is 6.26 Å². The van der Waals surface area contributed by atoms with Crippen molar-refractivity contribution in [2.75, 3.05) is 6.26 Å². The summed E-state index contributed by atoms with van der Waals surface area (Å²) in [6.07, 6.45) is 3.75. The molecule has 1 aliphatic rings. The van der Waals surface area contributed by atoms with E-state index in [0.717, 1.165) is 30.6 Å². The average Bonchev–Trinajstić information content (AvgIpc) is 2.59. The van der Waals surface area contributed by atoms with Crippen molar-refractivity contribution in [1.82, 2.24) is 0 Å². The van der Waals surface area contributed by atoms with Gasteiger partial charge in [-0.2, -0.15) is 0 Å². The first kappa shape index (κ1) is 18.5. The molecule has 0 amide bonds. The Labute approximate surface area is 150 Å². The maximum absolute atomic E-state index is 15.3. The minimum atomic E-state index is -3.93. The summed E-state index contributed by atoms with van der Waals surface area (Å²) >= 11 is 0. The lowest BCUT2D eigenvalue weighted by Crippen LogP contribution is -2.36. The van der Waals surface area contributed by atoms with Gasteiger partial charge in [0.2, 0.25) is 5.67 Å². The van der Waals surface area contributed by atoms with E-state index >= 15 is 4.39 Å². The third-order valence-corrected chi connectivity index (χ3v) is 6.38. The van der Waals surface area contributed by atoms with Crippen LogP contribution in [0.3, 0.4) is 0 Å². The third kappa shape index (κ3) is 2.78.